The predicted molar refractivity (Wildman–Crippen MR) is 61.9 cm³/mol. The van der Waals surface area contributed by atoms with Crippen LogP contribution >= 0.6 is 0 Å². The standard InChI is InChI=1S/C14H14/c1-12(14-9-5-6-10-14)11-13-7-3-2-4-8-13/h2-11,14H,1H3/b12-11-. The van der Waals surface area contributed by atoms with Crippen molar-refractivity contribution in [2.45, 2.75) is 6.92 Å². The van der Waals surface area contributed by atoms with E-state index in [1.54, 1.807) is 0 Å². The largest absolute Gasteiger partial charge is 0.0736 e. The van der Waals surface area contributed by atoms with Crippen LogP contribution in [-0.4, -0.2) is 0 Å². The maximum atomic E-state index is 2.24. The van der Waals surface area contributed by atoms with Crippen molar-refractivity contribution in [3.05, 3.63) is 65.8 Å². The Balaban J connectivity index is 2.18. The van der Waals surface area contributed by atoms with Crippen molar-refractivity contribution >= 4 is 6.08 Å². The fourth-order valence-electron chi connectivity index (χ4n) is 1.64. The highest BCUT2D eigenvalue weighted by Gasteiger charge is 2.04. The molecule has 0 unspecified atom stereocenters. The molecule has 0 fully saturated rings. The van der Waals surface area contributed by atoms with Crippen molar-refractivity contribution in [2.24, 2.45) is 5.92 Å². The van der Waals surface area contributed by atoms with Gasteiger partial charge in [0.05, 0.1) is 0 Å². The van der Waals surface area contributed by atoms with Crippen molar-refractivity contribution in [1.82, 2.24) is 0 Å². The fraction of sp³-hybridized carbons (Fsp3) is 0.143. The van der Waals surface area contributed by atoms with Crippen molar-refractivity contribution in [3.63, 3.8) is 0 Å². The number of hydrogen-bond donors (Lipinski definition) is 0. The lowest BCUT2D eigenvalue weighted by Crippen LogP contribution is -1.90. The summed E-state index contributed by atoms with van der Waals surface area (Å²) in [6.45, 7) is 2.18. The molecule has 1 aliphatic carbocycles. The molecule has 0 nitrogen and oxygen atoms in total. The molecule has 0 N–H and O–H groups in total. The van der Waals surface area contributed by atoms with Crippen molar-refractivity contribution in [3.8, 4) is 0 Å². The molecule has 0 radical (unpaired) electrons. The van der Waals surface area contributed by atoms with Crippen LogP contribution in [-0.2, 0) is 0 Å². The summed E-state index contributed by atoms with van der Waals surface area (Å²) >= 11 is 0. The first-order chi connectivity index (χ1) is 6.86. The summed E-state index contributed by atoms with van der Waals surface area (Å²) in [5.74, 6) is 0.496. The van der Waals surface area contributed by atoms with Crippen LogP contribution in [0.3, 0.4) is 0 Å². The second kappa shape index (κ2) is 4.10. The van der Waals surface area contributed by atoms with E-state index in [1.165, 1.54) is 11.1 Å². The summed E-state index contributed by atoms with van der Waals surface area (Å²) < 4.78 is 0. The summed E-state index contributed by atoms with van der Waals surface area (Å²) in [6, 6.07) is 10.4. The van der Waals surface area contributed by atoms with Gasteiger partial charge in [0, 0.05) is 5.92 Å². The van der Waals surface area contributed by atoms with Gasteiger partial charge in [0.1, 0.15) is 0 Å². The second-order valence-electron chi connectivity index (χ2n) is 3.59. The molecule has 0 aromatic heterocycles. The lowest BCUT2D eigenvalue weighted by Gasteiger charge is -2.05. The summed E-state index contributed by atoms with van der Waals surface area (Å²) in [5.41, 5.74) is 2.67. The van der Waals surface area contributed by atoms with Crippen LogP contribution in [0, 0.1) is 5.92 Å². The normalized spacial score (nSPS) is 16.5. The zero-order valence-electron chi connectivity index (χ0n) is 8.35. The molecule has 0 amide bonds. The van der Waals surface area contributed by atoms with Gasteiger partial charge in [-0.05, 0) is 12.5 Å². The molecule has 2 rings (SSSR count). The van der Waals surface area contributed by atoms with Crippen molar-refractivity contribution in [1.29, 1.82) is 0 Å². The zero-order chi connectivity index (χ0) is 9.80. The highest BCUT2D eigenvalue weighted by molar-refractivity contribution is 5.54. The summed E-state index contributed by atoms with van der Waals surface area (Å²) in [6.07, 6.45) is 10.9. The Kier molecular flexibility index (Phi) is 2.64. The highest BCUT2D eigenvalue weighted by Crippen LogP contribution is 2.20. The Hall–Kier alpha value is -1.56. The van der Waals surface area contributed by atoms with E-state index in [0.29, 0.717) is 5.92 Å². The number of rotatable bonds is 2. The first kappa shape index (κ1) is 9.01. The second-order valence-corrected chi connectivity index (χ2v) is 3.59. The number of benzene rings is 1. The first-order valence-corrected chi connectivity index (χ1v) is 4.94. The molecular formula is C14H14. The molecule has 70 valence electrons. The Morgan fingerprint density at radius 2 is 1.71 bits per heavy atom. The molecule has 0 saturated heterocycles. The van der Waals surface area contributed by atoms with Gasteiger partial charge in [-0.2, -0.15) is 0 Å². The summed E-state index contributed by atoms with van der Waals surface area (Å²) in [7, 11) is 0. The van der Waals surface area contributed by atoms with Gasteiger partial charge in [0.15, 0.2) is 0 Å². The molecule has 0 atom stereocenters. The van der Waals surface area contributed by atoms with E-state index in [0.717, 1.165) is 0 Å². The molecule has 14 heavy (non-hydrogen) atoms. The average molecular weight is 182 g/mol. The van der Waals surface area contributed by atoms with Gasteiger partial charge >= 0.3 is 0 Å². The van der Waals surface area contributed by atoms with Crippen LogP contribution in [0.2, 0.25) is 0 Å². The SMILES string of the molecule is C/C(=C/c1ccccc1)C1C=CC=C1. The van der Waals surface area contributed by atoms with E-state index >= 15 is 0 Å². The molecule has 0 bridgehead atoms. The van der Waals surface area contributed by atoms with E-state index in [2.05, 4.69) is 61.6 Å². The molecule has 1 aromatic carbocycles. The van der Waals surface area contributed by atoms with Gasteiger partial charge in [-0.1, -0.05) is 66.3 Å². The van der Waals surface area contributed by atoms with E-state index in [-0.39, 0.29) is 0 Å². The minimum absolute atomic E-state index is 0.496. The minimum atomic E-state index is 0.496. The zero-order valence-corrected chi connectivity index (χ0v) is 8.35. The average Bonchev–Trinajstić information content (AvgIpc) is 2.72. The van der Waals surface area contributed by atoms with Gasteiger partial charge < -0.3 is 0 Å². The third kappa shape index (κ3) is 2.02. The van der Waals surface area contributed by atoms with Crippen molar-refractivity contribution < 1.29 is 0 Å². The Morgan fingerprint density at radius 1 is 1.07 bits per heavy atom. The third-order valence-corrected chi connectivity index (χ3v) is 2.47. The molecule has 1 aliphatic rings. The molecule has 0 aliphatic heterocycles. The quantitative estimate of drug-likeness (QED) is 0.652. The van der Waals surface area contributed by atoms with Crippen molar-refractivity contribution in [2.75, 3.05) is 0 Å². The van der Waals surface area contributed by atoms with E-state index in [4.69, 9.17) is 0 Å². The molecular weight excluding hydrogens is 168 g/mol. The Labute approximate surface area is 85.3 Å². The van der Waals surface area contributed by atoms with Gasteiger partial charge in [-0.25, -0.2) is 0 Å². The van der Waals surface area contributed by atoms with Gasteiger partial charge in [-0.15, -0.1) is 0 Å². The predicted octanol–water partition coefficient (Wildman–Crippen LogP) is 3.83. The third-order valence-electron chi connectivity index (χ3n) is 2.47. The van der Waals surface area contributed by atoms with Gasteiger partial charge in [0.25, 0.3) is 0 Å². The first-order valence-electron chi connectivity index (χ1n) is 4.94. The van der Waals surface area contributed by atoms with Crippen LogP contribution in [0.1, 0.15) is 12.5 Å². The van der Waals surface area contributed by atoms with E-state index < -0.39 is 0 Å². The van der Waals surface area contributed by atoms with Crippen LogP contribution in [0.5, 0.6) is 0 Å². The van der Waals surface area contributed by atoms with Crippen LogP contribution < -0.4 is 0 Å². The summed E-state index contributed by atoms with van der Waals surface area (Å²) in [5, 5.41) is 0. The molecule has 0 heteroatoms. The van der Waals surface area contributed by atoms with Crippen LogP contribution in [0.15, 0.2) is 60.2 Å². The maximum absolute atomic E-state index is 2.24. The molecule has 0 saturated carbocycles. The summed E-state index contributed by atoms with van der Waals surface area (Å²) in [4.78, 5) is 0. The maximum Gasteiger partial charge on any atom is 0.0164 e. The topological polar surface area (TPSA) is 0 Å². The molecule has 0 heterocycles. The Bertz CT molecular complexity index is 368. The highest BCUT2D eigenvalue weighted by atomic mass is 14.1. The van der Waals surface area contributed by atoms with Gasteiger partial charge in [-0.3, -0.25) is 0 Å². The van der Waals surface area contributed by atoms with Crippen LogP contribution in [0.4, 0.5) is 0 Å². The van der Waals surface area contributed by atoms with Crippen LogP contribution in [0.25, 0.3) is 6.08 Å². The van der Waals surface area contributed by atoms with Gasteiger partial charge in [0.2, 0.25) is 0 Å². The number of hydrogen-bond acceptors (Lipinski definition) is 0. The lowest BCUT2D eigenvalue weighted by molar-refractivity contribution is 0.995. The van der Waals surface area contributed by atoms with E-state index in [1.807, 2.05) is 6.07 Å². The smallest absolute Gasteiger partial charge is 0.0164 e. The number of allylic oxidation sites excluding steroid dienone is 5. The van der Waals surface area contributed by atoms with E-state index in [9.17, 15) is 0 Å². The fourth-order valence-corrected chi connectivity index (χ4v) is 1.64. The minimum Gasteiger partial charge on any atom is -0.0736 e. The molecule has 0 spiro atoms. The Morgan fingerprint density at radius 3 is 2.36 bits per heavy atom. The monoisotopic (exact) mass is 182 g/mol. The lowest BCUT2D eigenvalue weighted by atomic mass is 10.00. The molecule has 1 aromatic rings.